The Morgan fingerprint density at radius 3 is 2.23 bits per heavy atom. The van der Waals surface area contributed by atoms with E-state index in [9.17, 15) is 31.2 Å². The van der Waals surface area contributed by atoms with Crippen molar-refractivity contribution in [2.45, 2.75) is 37.5 Å². The number of alkyl halides is 3. The van der Waals surface area contributed by atoms with E-state index in [1.165, 1.54) is 38.2 Å². The highest BCUT2D eigenvalue weighted by Gasteiger charge is 2.36. The summed E-state index contributed by atoms with van der Waals surface area (Å²) in [6, 6.07) is 13.6. The Hall–Kier alpha value is -3.28. The van der Waals surface area contributed by atoms with Crippen LogP contribution < -0.4 is 9.62 Å². The quantitative estimate of drug-likeness (QED) is 0.335. The van der Waals surface area contributed by atoms with E-state index in [2.05, 4.69) is 5.32 Å². The fourth-order valence-corrected chi connectivity index (χ4v) is 5.72. The van der Waals surface area contributed by atoms with Gasteiger partial charge in [0.15, 0.2) is 0 Å². The summed E-state index contributed by atoms with van der Waals surface area (Å²) < 4.78 is 69.1. The molecule has 2 amide bonds. The summed E-state index contributed by atoms with van der Waals surface area (Å²) in [6.07, 6.45) is -4.89. The number of nitrogens with one attached hydrogen (secondary N) is 1. The molecule has 13 heteroatoms. The van der Waals surface area contributed by atoms with Gasteiger partial charge in [0.1, 0.15) is 12.6 Å². The Labute approximate surface area is 240 Å². The van der Waals surface area contributed by atoms with Crippen molar-refractivity contribution in [3.8, 4) is 0 Å². The van der Waals surface area contributed by atoms with Crippen LogP contribution in [0.1, 0.15) is 23.6 Å². The van der Waals surface area contributed by atoms with Crippen LogP contribution in [0.2, 0.25) is 10.0 Å². The molecule has 0 spiro atoms. The van der Waals surface area contributed by atoms with Gasteiger partial charge in [-0.1, -0.05) is 53.0 Å². The minimum absolute atomic E-state index is 0.124. The number of aryl methyl sites for hydroxylation is 1. The van der Waals surface area contributed by atoms with E-state index in [0.29, 0.717) is 21.0 Å². The zero-order valence-corrected chi connectivity index (χ0v) is 24.0. The molecule has 3 aromatic rings. The number of hydrogen-bond donors (Lipinski definition) is 1. The molecule has 0 aliphatic rings. The molecule has 214 valence electrons. The highest BCUT2D eigenvalue weighted by Crippen LogP contribution is 2.38. The number of likely N-dealkylation sites (N-methyl/N-ethyl adjacent to an activating group) is 1. The molecule has 0 aromatic heterocycles. The van der Waals surface area contributed by atoms with Crippen LogP contribution in [-0.4, -0.2) is 44.8 Å². The lowest BCUT2D eigenvalue weighted by Gasteiger charge is -2.32. The average Bonchev–Trinajstić information content (AvgIpc) is 2.89. The molecule has 0 saturated heterocycles. The van der Waals surface area contributed by atoms with Gasteiger partial charge in [0.05, 0.1) is 21.2 Å². The molecule has 0 bridgehead atoms. The SMILES string of the molecule is CNC(=O)C(C)N(Cc1cccc(Cl)c1)C(=O)CN(c1ccc(Cl)c(C(F)(F)F)c1)S(=O)(=O)c1ccc(C)cc1. The van der Waals surface area contributed by atoms with Crippen molar-refractivity contribution in [2.75, 3.05) is 17.9 Å². The van der Waals surface area contributed by atoms with Crippen molar-refractivity contribution in [1.82, 2.24) is 10.2 Å². The number of amides is 2. The summed E-state index contributed by atoms with van der Waals surface area (Å²) in [5.41, 5.74) is -0.395. The molecule has 3 aromatic carbocycles. The normalized spacial score (nSPS) is 12.5. The fraction of sp³-hybridized carbons (Fsp3) is 0.259. The summed E-state index contributed by atoms with van der Waals surface area (Å²) in [5.74, 6) is -1.37. The number of carbonyl (C=O) groups is 2. The standard InChI is InChI=1S/C27H26Cl2F3N3O4S/c1-17-7-10-22(11-8-17)40(38,39)35(21-9-12-24(29)23(14-21)27(30,31)32)16-25(36)34(18(2)26(37)33-3)15-19-5-4-6-20(28)13-19/h4-14,18H,15-16H2,1-3H3,(H,33,37). The maximum Gasteiger partial charge on any atom is 0.417 e. The Kier molecular flexibility index (Phi) is 9.76. The van der Waals surface area contributed by atoms with Crippen LogP contribution in [0.5, 0.6) is 0 Å². The number of halogens is 5. The minimum Gasteiger partial charge on any atom is -0.357 e. The zero-order valence-electron chi connectivity index (χ0n) is 21.7. The maximum absolute atomic E-state index is 13.8. The van der Waals surface area contributed by atoms with Gasteiger partial charge in [-0.25, -0.2) is 8.42 Å². The second-order valence-electron chi connectivity index (χ2n) is 8.93. The van der Waals surface area contributed by atoms with Crippen molar-refractivity contribution in [3.63, 3.8) is 0 Å². The van der Waals surface area contributed by atoms with Gasteiger partial charge in [0.25, 0.3) is 10.0 Å². The molecule has 1 unspecified atom stereocenters. The third kappa shape index (κ3) is 7.26. The maximum atomic E-state index is 13.8. The molecule has 0 radical (unpaired) electrons. The summed E-state index contributed by atoms with van der Waals surface area (Å²) >= 11 is 11.8. The largest absolute Gasteiger partial charge is 0.417 e. The average molecular weight is 616 g/mol. The topological polar surface area (TPSA) is 86.8 Å². The van der Waals surface area contributed by atoms with E-state index in [-0.39, 0.29) is 11.4 Å². The predicted octanol–water partition coefficient (Wildman–Crippen LogP) is 5.68. The van der Waals surface area contributed by atoms with Gasteiger partial charge in [0.2, 0.25) is 11.8 Å². The molecule has 0 aliphatic carbocycles. The number of anilines is 1. The molecule has 0 heterocycles. The van der Waals surface area contributed by atoms with Crippen LogP contribution >= 0.6 is 23.2 Å². The van der Waals surface area contributed by atoms with Gasteiger partial charge < -0.3 is 10.2 Å². The number of sulfonamides is 1. The number of rotatable bonds is 9. The third-order valence-corrected chi connectivity index (χ3v) is 8.44. The highest BCUT2D eigenvalue weighted by atomic mass is 35.5. The van der Waals surface area contributed by atoms with Crippen LogP contribution in [0, 0.1) is 6.92 Å². The van der Waals surface area contributed by atoms with Gasteiger partial charge in [0, 0.05) is 18.6 Å². The van der Waals surface area contributed by atoms with Crippen LogP contribution in [0.4, 0.5) is 18.9 Å². The number of nitrogens with zero attached hydrogens (tertiary/aromatic N) is 2. The first-order chi connectivity index (χ1) is 18.6. The molecular weight excluding hydrogens is 590 g/mol. The lowest BCUT2D eigenvalue weighted by Crippen LogP contribution is -2.50. The Balaban J connectivity index is 2.13. The summed E-state index contributed by atoms with van der Waals surface area (Å²) in [4.78, 5) is 27.1. The van der Waals surface area contributed by atoms with Gasteiger partial charge in [-0.05, 0) is 61.9 Å². The predicted molar refractivity (Wildman–Crippen MR) is 148 cm³/mol. The van der Waals surface area contributed by atoms with E-state index in [4.69, 9.17) is 23.2 Å². The van der Waals surface area contributed by atoms with Crippen molar-refractivity contribution in [2.24, 2.45) is 0 Å². The van der Waals surface area contributed by atoms with Crippen LogP contribution in [0.15, 0.2) is 71.6 Å². The van der Waals surface area contributed by atoms with E-state index in [1.54, 1.807) is 31.2 Å². The van der Waals surface area contributed by atoms with Crippen LogP contribution in [-0.2, 0) is 32.3 Å². The molecule has 7 nitrogen and oxygen atoms in total. The first-order valence-corrected chi connectivity index (χ1v) is 14.1. The van der Waals surface area contributed by atoms with E-state index < -0.39 is 56.9 Å². The van der Waals surface area contributed by atoms with E-state index in [0.717, 1.165) is 22.6 Å². The lowest BCUT2D eigenvalue weighted by atomic mass is 10.1. The van der Waals surface area contributed by atoms with E-state index >= 15 is 0 Å². The van der Waals surface area contributed by atoms with Gasteiger partial charge in [-0.15, -0.1) is 0 Å². The van der Waals surface area contributed by atoms with Crippen molar-refractivity contribution >= 4 is 50.7 Å². The molecule has 0 saturated carbocycles. The van der Waals surface area contributed by atoms with Gasteiger partial charge in [-0.3, -0.25) is 13.9 Å². The smallest absolute Gasteiger partial charge is 0.357 e. The highest BCUT2D eigenvalue weighted by molar-refractivity contribution is 7.92. The molecule has 3 rings (SSSR count). The van der Waals surface area contributed by atoms with Crippen molar-refractivity contribution < 1.29 is 31.2 Å². The summed E-state index contributed by atoms with van der Waals surface area (Å²) in [5, 5.41) is 2.19. The molecule has 40 heavy (non-hydrogen) atoms. The summed E-state index contributed by atoms with van der Waals surface area (Å²) in [6.45, 7) is 2.16. The van der Waals surface area contributed by atoms with Gasteiger partial charge >= 0.3 is 6.18 Å². The third-order valence-electron chi connectivity index (χ3n) is 6.09. The fourth-order valence-electron chi connectivity index (χ4n) is 3.88. The zero-order chi connectivity index (χ0) is 29.8. The molecule has 1 N–H and O–H groups in total. The molecule has 1 atom stereocenters. The molecular formula is C27H26Cl2F3N3O4S. The number of carbonyl (C=O) groups excluding carboxylic acids is 2. The van der Waals surface area contributed by atoms with Crippen LogP contribution in [0.3, 0.4) is 0 Å². The monoisotopic (exact) mass is 615 g/mol. The first kappa shape index (κ1) is 31.3. The lowest BCUT2D eigenvalue weighted by molar-refractivity contribution is -0.139. The Morgan fingerprint density at radius 2 is 1.65 bits per heavy atom. The summed E-state index contributed by atoms with van der Waals surface area (Å²) in [7, 11) is -3.18. The van der Waals surface area contributed by atoms with Crippen molar-refractivity contribution in [3.05, 3.63) is 93.5 Å². The molecule has 0 aliphatic heterocycles. The number of benzene rings is 3. The first-order valence-electron chi connectivity index (χ1n) is 11.9. The van der Waals surface area contributed by atoms with E-state index in [1.807, 2.05) is 0 Å². The second-order valence-corrected chi connectivity index (χ2v) is 11.6. The van der Waals surface area contributed by atoms with Crippen molar-refractivity contribution in [1.29, 1.82) is 0 Å². The number of hydrogen-bond acceptors (Lipinski definition) is 4. The van der Waals surface area contributed by atoms with Crippen LogP contribution in [0.25, 0.3) is 0 Å². The Bertz CT molecular complexity index is 1500. The second kappa shape index (κ2) is 12.5. The van der Waals surface area contributed by atoms with Gasteiger partial charge in [-0.2, -0.15) is 13.2 Å². The molecule has 0 fully saturated rings. The minimum atomic E-state index is -4.89. The Morgan fingerprint density at radius 1 is 1.00 bits per heavy atom.